The Labute approximate surface area is 116 Å². The first-order valence-corrected chi connectivity index (χ1v) is 7.71. The first-order valence-electron chi connectivity index (χ1n) is 6.83. The van der Waals surface area contributed by atoms with E-state index < -0.39 is 0 Å². The van der Waals surface area contributed by atoms with Crippen molar-refractivity contribution in [3.63, 3.8) is 0 Å². The highest BCUT2D eigenvalue weighted by molar-refractivity contribution is 7.13. The van der Waals surface area contributed by atoms with Gasteiger partial charge in [-0.1, -0.05) is 17.8 Å². The summed E-state index contributed by atoms with van der Waals surface area (Å²) in [4.78, 5) is 12.8. The van der Waals surface area contributed by atoms with Crippen molar-refractivity contribution in [3.8, 4) is 0 Å². The number of nitrogens with zero attached hydrogens (tertiary/aromatic N) is 2. The number of nitrogens with two attached hydrogens (primary N) is 1. The fourth-order valence-electron chi connectivity index (χ4n) is 3.54. The molecule has 1 aromatic rings. The highest BCUT2D eigenvalue weighted by Gasteiger charge is 2.38. The summed E-state index contributed by atoms with van der Waals surface area (Å²) < 4.78 is 0. The summed E-state index contributed by atoms with van der Waals surface area (Å²) in [5.41, 5.74) is 7.26. The number of thiophene rings is 1. The first kappa shape index (κ1) is 13.0. The zero-order valence-electron chi connectivity index (χ0n) is 10.8. The number of hydrogen-bond acceptors (Lipinski definition) is 5. The quantitative estimate of drug-likeness (QED) is 0.681. The van der Waals surface area contributed by atoms with E-state index in [1.54, 1.807) is 6.07 Å². The predicted octanol–water partition coefficient (Wildman–Crippen LogP) is 2.22. The number of nitro groups is 1. The highest BCUT2D eigenvalue weighted by Crippen LogP contribution is 2.36. The van der Waals surface area contributed by atoms with E-state index in [1.165, 1.54) is 24.2 Å². The molecule has 3 atom stereocenters. The molecule has 1 aliphatic carbocycles. The van der Waals surface area contributed by atoms with Gasteiger partial charge in [-0.05, 0) is 30.2 Å². The SMILES string of the molecule is NC1CCCC2CN(Cc3csc([N+](=O)[O-])c3)CC12. The third-order valence-corrected chi connectivity index (χ3v) is 5.38. The fourth-order valence-corrected chi connectivity index (χ4v) is 4.26. The van der Waals surface area contributed by atoms with Crippen LogP contribution in [0.25, 0.3) is 0 Å². The Morgan fingerprint density at radius 1 is 1.47 bits per heavy atom. The van der Waals surface area contributed by atoms with Gasteiger partial charge >= 0.3 is 5.00 Å². The summed E-state index contributed by atoms with van der Waals surface area (Å²) in [5, 5.41) is 12.8. The Kier molecular flexibility index (Phi) is 3.56. The molecule has 0 spiro atoms. The van der Waals surface area contributed by atoms with Crippen molar-refractivity contribution in [2.24, 2.45) is 17.6 Å². The Morgan fingerprint density at radius 2 is 2.32 bits per heavy atom. The number of hydrogen-bond donors (Lipinski definition) is 1. The lowest BCUT2D eigenvalue weighted by molar-refractivity contribution is -0.380. The molecule has 0 amide bonds. The molecule has 1 aromatic heterocycles. The van der Waals surface area contributed by atoms with Crippen molar-refractivity contribution in [2.45, 2.75) is 31.8 Å². The van der Waals surface area contributed by atoms with Crippen molar-refractivity contribution in [3.05, 3.63) is 27.1 Å². The Morgan fingerprint density at radius 3 is 3.00 bits per heavy atom. The lowest BCUT2D eigenvalue weighted by Gasteiger charge is -2.29. The van der Waals surface area contributed by atoms with E-state index in [4.69, 9.17) is 5.73 Å². The molecule has 3 unspecified atom stereocenters. The van der Waals surface area contributed by atoms with Crippen molar-refractivity contribution < 1.29 is 4.92 Å². The molecule has 104 valence electrons. The second-order valence-electron chi connectivity index (χ2n) is 5.76. The van der Waals surface area contributed by atoms with Crippen LogP contribution in [0.4, 0.5) is 5.00 Å². The minimum atomic E-state index is -0.312. The minimum absolute atomic E-state index is 0.239. The van der Waals surface area contributed by atoms with E-state index in [0.29, 0.717) is 12.0 Å². The number of rotatable bonds is 3. The van der Waals surface area contributed by atoms with Gasteiger partial charge in [-0.15, -0.1) is 0 Å². The molecule has 6 heteroatoms. The van der Waals surface area contributed by atoms with Crippen LogP contribution in [0.3, 0.4) is 0 Å². The van der Waals surface area contributed by atoms with Gasteiger partial charge in [0.15, 0.2) is 0 Å². The van der Waals surface area contributed by atoms with Crippen molar-refractivity contribution in [1.29, 1.82) is 0 Å². The van der Waals surface area contributed by atoms with Gasteiger partial charge in [-0.2, -0.15) is 0 Å². The molecular formula is C13H19N3O2S. The Hall–Kier alpha value is -0.980. The minimum Gasteiger partial charge on any atom is -0.327 e. The average Bonchev–Trinajstić information content (AvgIpc) is 2.96. The molecule has 2 heterocycles. The van der Waals surface area contributed by atoms with E-state index in [0.717, 1.165) is 37.5 Å². The van der Waals surface area contributed by atoms with Crippen molar-refractivity contribution in [2.75, 3.05) is 13.1 Å². The maximum absolute atomic E-state index is 10.7. The van der Waals surface area contributed by atoms with Crippen LogP contribution in [0.2, 0.25) is 0 Å². The second-order valence-corrected chi connectivity index (χ2v) is 6.65. The molecule has 2 fully saturated rings. The average molecular weight is 281 g/mol. The summed E-state index contributed by atoms with van der Waals surface area (Å²) in [6.07, 6.45) is 3.69. The third-order valence-electron chi connectivity index (χ3n) is 4.46. The molecule has 5 nitrogen and oxygen atoms in total. The van der Waals surface area contributed by atoms with Gasteiger partial charge in [-0.3, -0.25) is 15.0 Å². The molecule has 0 radical (unpaired) electrons. The van der Waals surface area contributed by atoms with E-state index in [2.05, 4.69) is 4.90 Å². The monoisotopic (exact) mass is 281 g/mol. The third kappa shape index (κ3) is 2.66. The van der Waals surface area contributed by atoms with Crippen LogP contribution >= 0.6 is 11.3 Å². The molecule has 1 aliphatic heterocycles. The van der Waals surface area contributed by atoms with Gasteiger partial charge in [0.25, 0.3) is 0 Å². The molecule has 0 bridgehead atoms. The normalized spacial score (nSPS) is 31.3. The summed E-state index contributed by atoms with van der Waals surface area (Å²) >= 11 is 1.22. The van der Waals surface area contributed by atoms with Gasteiger partial charge in [0.1, 0.15) is 0 Å². The van der Waals surface area contributed by atoms with Crippen molar-refractivity contribution >= 4 is 16.3 Å². The predicted molar refractivity (Wildman–Crippen MR) is 75.1 cm³/mol. The van der Waals surface area contributed by atoms with Crippen molar-refractivity contribution in [1.82, 2.24) is 4.90 Å². The lowest BCUT2D eigenvalue weighted by atomic mass is 9.78. The number of fused-ring (bicyclic) bond motifs is 1. The topological polar surface area (TPSA) is 72.4 Å². The van der Waals surface area contributed by atoms with Crippen LogP contribution in [0, 0.1) is 22.0 Å². The summed E-state index contributed by atoms with van der Waals surface area (Å²) in [6, 6.07) is 2.05. The van der Waals surface area contributed by atoms with Crippen LogP contribution in [0.5, 0.6) is 0 Å². The van der Waals surface area contributed by atoms with Crippen LogP contribution in [-0.4, -0.2) is 29.0 Å². The van der Waals surface area contributed by atoms with Crippen LogP contribution in [0.1, 0.15) is 24.8 Å². The van der Waals surface area contributed by atoms with E-state index in [9.17, 15) is 10.1 Å². The van der Waals surface area contributed by atoms with Crippen LogP contribution in [0.15, 0.2) is 11.4 Å². The second kappa shape index (κ2) is 5.19. The van der Waals surface area contributed by atoms with Gasteiger partial charge in [-0.25, -0.2) is 0 Å². The summed E-state index contributed by atoms with van der Waals surface area (Å²) in [7, 11) is 0. The van der Waals surface area contributed by atoms with Gasteiger partial charge in [0, 0.05) is 37.1 Å². The molecule has 2 N–H and O–H groups in total. The van der Waals surface area contributed by atoms with Gasteiger partial charge < -0.3 is 5.73 Å². The summed E-state index contributed by atoms with van der Waals surface area (Å²) in [5.74, 6) is 1.36. The van der Waals surface area contributed by atoms with Gasteiger partial charge in [0.2, 0.25) is 0 Å². The molecule has 2 aliphatic rings. The van der Waals surface area contributed by atoms with E-state index in [-0.39, 0.29) is 9.92 Å². The zero-order chi connectivity index (χ0) is 13.4. The first-order chi connectivity index (χ1) is 9.13. The smallest absolute Gasteiger partial charge is 0.324 e. The molecule has 3 rings (SSSR count). The van der Waals surface area contributed by atoms with E-state index in [1.807, 2.05) is 5.38 Å². The standard InChI is InChI=1S/C13H19N3O2S/c14-12-3-1-2-10-6-15(7-11(10)12)5-9-4-13(16(17)18)19-8-9/h4,8,10-12H,1-3,5-7,14H2. The van der Waals surface area contributed by atoms with Crippen LogP contribution < -0.4 is 5.73 Å². The molecular weight excluding hydrogens is 262 g/mol. The maximum Gasteiger partial charge on any atom is 0.324 e. The lowest BCUT2D eigenvalue weighted by Crippen LogP contribution is -2.38. The largest absolute Gasteiger partial charge is 0.327 e. The molecule has 1 saturated carbocycles. The molecule has 19 heavy (non-hydrogen) atoms. The Bertz CT molecular complexity index is 476. The molecule has 1 saturated heterocycles. The summed E-state index contributed by atoms with van der Waals surface area (Å²) in [6.45, 7) is 2.97. The zero-order valence-corrected chi connectivity index (χ0v) is 11.6. The number of likely N-dealkylation sites (tertiary alicyclic amines) is 1. The van der Waals surface area contributed by atoms with Crippen LogP contribution in [-0.2, 0) is 6.54 Å². The molecule has 0 aromatic carbocycles. The van der Waals surface area contributed by atoms with E-state index >= 15 is 0 Å². The highest BCUT2D eigenvalue weighted by atomic mass is 32.1. The Balaban J connectivity index is 1.63. The maximum atomic E-state index is 10.7. The van der Waals surface area contributed by atoms with Gasteiger partial charge in [0.05, 0.1) is 4.92 Å². The fraction of sp³-hybridized carbons (Fsp3) is 0.692.